The smallest absolute Gasteiger partial charge is 0.287 e. The summed E-state index contributed by atoms with van der Waals surface area (Å²) in [6, 6.07) is 0. The lowest BCUT2D eigenvalue weighted by Crippen LogP contribution is -2.50. The number of halogens is 7. The number of carbonyl (C=O) groups excluding carboxylic acids is 1. The van der Waals surface area contributed by atoms with Crippen LogP contribution in [-0.4, -0.2) is 41.7 Å². The van der Waals surface area contributed by atoms with E-state index in [1.807, 2.05) is 0 Å². The molecule has 0 fully saturated rings. The van der Waals surface area contributed by atoms with Crippen LogP contribution in [0.25, 0.3) is 0 Å². The van der Waals surface area contributed by atoms with Crippen LogP contribution in [0.1, 0.15) is 19.8 Å². The molecule has 114 valence electrons. The van der Waals surface area contributed by atoms with Gasteiger partial charge in [0.15, 0.2) is 11.3 Å². The minimum Gasteiger partial charge on any atom is -0.287 e. The fourth-order valence-corrected chi connectivity index (χ4v) is 1.88. The Morgan fingerprint density at radius 3 is 2.16 bits per heavy atom. The molecule has 0 saturated heterocycles. The number of hydrogen-bond donors (Lipinski definition) is 0. The molecule has 0 spiro atoms. The van der Waals surface area contributed by atoms with E-state index in [9.17, 15) is 35.5 Å². The first-order valence-electron chi connectivity index (χ1n) is 5.35. The number of carbonyl (C=O) groups is 1. The Balaban J connectivity index is 4.58. The molecule has 0 radical (unpaired) electrons. The third-order valence-corrected chi connectivity index (χ3v) is 3.27. The molecule has 0 N–H and O–H groups in total. The van der Waals surface area contributed by atoms with Crippen LogP contribution in [0.4, 0.5) is 30.7 Å². The topological polar surface area (TPSA) is 17.1 Å². The Kier molecular flexibility index (Phi) is 7.17. The zero-order valence-electron chi connectivity index (χ0n) is 9.95. The summed E-state index contributed by atoms with van der Waals surface area (Å²) in [6.07, 6.45) is -9.07. The fourth-order valence-electron chi connectivity index (χ4n) is 1.07. The highest BCUT2D eigenvalue weighted by atomic mass is 32.2. The van der Waals surface area contributed by atoms with Gasteiger partial charge < -0.3 is 0 Å². The first-order valence-corrected chi connectivity index (χ1v) is 6.33. The SMILES string of the molecule is CCC(=O)SCCC(F)(F)C(F)C(F)(F)C(F)CF. The summed E-state index contributed by atoms with van der Waals surface area (Å²) in [6.45, 7) is -0.791. The van der Waals surface area contributed by atoms with Gasteiger partial charge >= 0.3 is 5.92 Å². The summed E-state index contributed by atoms with van der Waals surface area (Å²) in [5.41, 5.74) is 0. The summed E-state index contributed by atoms with van der Waals surface area (Å²) in [5, 5.41) is -0.454. The lowest BCUT2D eigenvalue weighted by atomic mass is 10.0. The third-order valence-electron chi connectivity index (χ3n) is 2.25. The van der Waals surface area contributed by atoms with Crippen LogP contribution in [0.5, 0.6) is 0 Å². The molecule has 2 atom stereocenters. The molecule has 19 heavy (non-hydrogen) atoms. The van der Waals surface area contributed by atoms with Gasteiger partial charge in [-0.1, -0.05) is 18.7 Å². The highest BCUT2D eigenvalue weighted by Crippen LogP contribution is 2.39. The number of alkyl halides is 7. The van der Waals surface area contributed by atoms with Gasteiger partial charge in [0.05, 0.1) is 0 Å². The van der Waals surface area contributed by atoms with Crippen LogP contribution in [0, 0.1) is 0 Å². The lowest BCUT2D eigenvalue weighted by molar-refractivity contribution is -0.209. The molecule has 9 heteroatoms. The van der Waals surface area contributed by atoms with Crippen LogP contribution >= 0.6 is 11.8 Å². The lowest BCUT2D eigenvalue weighted by Gasteiger charge is -2.28. The molecular formula is C10H13F7OS. The summed E-state index contributed by atoms with van der Waals surface area (Å²) in [7, 11) is 0. The molecule has 0 saturated carbocycles. The van der Waals surface area contributed by atoms with Gasteiger partial charge in [-0.05, 0) is 0 Å². The van der Waals surface area contributed by atoms with Gasteiger partial charge in [-0.2, -0.15) is 8.78 Å². The summed E-state index contributed by atoms with van der Waals surface area (Å²) in [5.74, 6) is -10.2. The quantitative estimate of drug-likeness (QED) is 0.631. The Bertz CT molecular complexity index is 298. The maximum Gasteiger partial charge on any atom is 0.317 e. The maximum atomic E-state index is 13.1. The van der Waals surface area contributed by atoms with Crippen molar-refractivity contribution in [1.82, 2.24) is 0 Å². The first kappa shape index (κ1) is 18.5. The van der Waals surface area contributed by atoms with Gasteiger partial charge in [0.25, 0.3) is 5.92 Å². The van der Waals surface area contributed by atoms with Crippen LogP contribution in [0.15, 0.2) is 0 Å². The average molecular weight is 314 g/mol. The molecule has 0 rings (SSSR count). The van der Waals surface area contributed by atoms with Crippen LogP contribution in [0.3, 0.4) is 0 Å². The zero-order valence-corrected chi connectivity index (χ0v) is 10.8. The highest BCUT2D eigenvalue weighted by Gasteiger charge is 2.59. The van der Waals surface area contributed by atoms with Crippen LogP contribution < -0.4 is 0 Å². The molecular weight excluding hydrogens is 301 g/mol. The molecule has 0 aliphatic carbocycles. The minimum absolute atomic E-state index is 0.0554. The van der Waals surface area contributed by atoms with E-state index in [4.69, 9.17) is 0 Å². The van der Waals surface area contributed by atoms with E-state index in [1.54, 1.807) is 0 Å². The van der Waals surface area contributed by atoms with Crippen molar-refractivity contribution in [1.29, 1.82) is 0 Å². The van der Waals surface area contributed by atoms with Crippen molar-refractivity contribution in [2.45, 2.75) is 44.0 Å². The van der Waals surface area contributed by atoms with Crippen molar-refractivity contribution >= 4 is 16.9 Å². The van der Waals surface area contributed by atoms with Gasteiger partial charge in [-0.3, -0.25) is 4.79 Å². The minimum atomic E-state index is -5.11. The van der Waals surface area contributed by atoms with Crippen molar-refractivity contribution in [3.05, 3.63) is 0 Å². The van der Waals surface area contributed by atoms with Gasteiger partial charge in [0.1, 0.15) is 6.67 Å². The van der Waals surface area contributed by atoms with Crippen LogP contribution in [-0.2, 0) is 4.79 Å². The Morgan fingerprint density at radius 2 is 1.74 bits per heavy atom. The van der Waals surface area contributed by atoms with Crippen LogP contribution in [0.2, 0.25) is 0 Å². The van der Waals surface area contributed by atoms with E-state index >= 15 is 0 Å². The molecule has 0 aromatic rings. The van der Waals surface area contributed by atoms with Gasteiger partial charge in [-0.25, -0.2) is 22.0 Å². The van der Waals surface area contributed by atoms with E-state index < -0.39 is 48.2 Å². The van der Waals surface area contributed by atoms with Crippen molar-refractivity contribution in [2.24, 2.45) is 0 Å². The molecule has 0 bridgehead atoms. The molecule has 0 amide bonds. The summed E-state index contributed by atoms with van der Waals surface area (Å²) < 4.78 is 89.0. The Hall–Kier alpha value is -0.470. The maximum absolute atomic E-state index is 13.1. The molecule has 0 aliphatic heterocycles. The molecule has 2 unspecified atom stereocenters. The van der Waals surface area contributed by atoms with Gasteiger partial charge in [-0.15, -0.1) is 0 Å². The second-order valence-corrected chi connectivity index (χ2v) is 4.90. The largest absolute Gasteiger partial charge is 0.317 e. The highest BCUT2D eigenvalue weighted by molar-refractivity contribution is 8.13. The predicted octanol–water partition coefficient (Wildman–Crippen LogP) is 3.96. The standard InChI is InChI=1S/C10H13F7OS/c1-2-7(18)19-4-3-9(14,15)8(13)10(16,17)6(12)5-11/h6,8H,2-5H2,1H3. The molecule has 0 aromatic carbocycles. The van der Waals surface area contributed by atoms with Gasteiger partial charge in [0.2, 0.25) is 6.17 Å². The third kappa shape index (κ3) is 5.19. The monoisotopic (exact) mass is 314 g/mol. The second kappa shape index (κ2) is 7.35. The van der Waals surface area contributed by atoms with E-state index in [2.05, 4.69) is 0 Å². The Labute approximate surface area is 109 Å². The van der Waals surface area contributed by atoms with E-state index in [0.29, 0.717) is 11.8 Å². The summed E-state index contributed by atoms with van der Waals surface area (Å²) in [4.78, 5) is 10.8. The average Bonchev–Trinajstić information content (AvgIpc) is 2.35. The molecule has 0 aliphatic rings. The number of thioether (sulfide) groups is 1. The fraction of sp³-hybridized carbons (Fsp3) is 0.900. The molecule has 0 aromatic heterocycles. The first-order chi connectivity index (χ1) is 8.59. The van der Waals surface area contributed by atoms with Crippen molar-refractivity contribution < 1.29 is 35.5 Å². The van der Waals surface area contributed by atoms with Crippen molar-refractivity contribution in [3.63, 3.8) is 0 Å². The number of hydrogen-bond acceptors (Lipinski definition) is 2. The Morgan fingerprint density at radius 1 is 1.21 bits per heavy atom. The predicted molar refractivity (Wildman–Crippen MR) is 58.0 cm³/mol. The second-order valence-electron chi connectivity index (χ2n) is 3.74. The van der Waals surface area contributed by atoms with Crippen molar-refractivity contribution in [3.8, 4) is 0 Å². The van der Waals surface area contributed by atoms with E-state index in [1.165, 1.54) is 6.92 Å². The zero-order chi connectivity index (χ0) is 15.3. The normalized spacial score (nSPS) is 16.2. The summed E-state index contributed by atoms with van der Waals surface area (Å²) >= 11 is 0.447. The van der Waals surface area contributed by atoms with E-state index in [-0.39, 0.29) is 6.42 Å². The van der Waals surface area contributed by atoms with Crippen molar-refractivity contribution in [2.75, 3.05) is 12.4 Å². The molecule has 1 nitrogen and oxygen atoms in total. The van der Waals surface area contributed by atoms with Gasteiger partial charge in [0, 0.05) is 18.6 Å². The van der Waals surface area contributed by atoms with E-state index in [0.717, 1.165) is 0 Å². The number of rotatable bonds is 8. The molecule has 0 heterocycles.